The molecule has 0 bridgehead atoms. The Morgan fingerprint density at radius 3 is 2.45 bits per heavy atom. The summed E-state index contributed by atoms with van der Waals surface area (Å²) in [6, 6.07) is 4.00. The maximum atomic E-state index is 13.1. The van der Waals surface area contributed by atoms with E-state index in [1.807, 2.05) is 0 Å². The lowest BCUT2D eigenvalue weighted by Crippen LogP contribution is -2.21. The van der Waals surface area contributed by atoms with Crippen LogP contribution in [-0.4, -0.2) is 15.6 Å². The third-order valence-electron chi connectivity index (χ3n) is 2.95. The molecule has 1 aromatic heterocycles. The largest absolute Gasteiger partial charge is 0.478 e. The maximum absolute atomic E-state index is 13.1. The molecule has 0 spiro atoms. The molecule has 0 aliphatic carbocycles. The standard InChI is InChI=1S/C13H10F3NO3/c1-2-17-10(18)4-3-7-5-8(12(19)20)6-9(11(7)17)13(14,15)16/h3-6H,2H2,1H3,(H,19,20). The van der Waals surface area contributed by atoms with Gasteiger partial charge in [-0.15, -0.1) is 0 Å². The Hall–Kier alpha value is -2.31. The Bertz CT molecular complexity index is 747. The molecule has 20 heavy (non-hydrogen) atoms. The van der Waals surface area contributed by atoms with Crippen molar-refractivity contribution in [3.8, 4) is 0 Å². The smallest absolute Gasteiger partial charge is 0.418 e. The first-order valence-corrected chi connectivity index (χ1v) is 5.73. The highest BCUT2D eigenvalue weighted by Crippen LogP contribution is 2.35. The van der Waals surface area contributed by atoms with Crippen LogP contribution in [0.15, 0.2) is 29.1 Å². The molecule has 4 nitrogen and oxygen atoms in total. The Morgan fingerprint density at radius 1 is 1.30 bits per heavy atom. The minimum absolute atomic E-state index is 0.0612. The number of alkyl halides is 3. The molecule has 2 aromatic rings. The van der Waals surface area contributed by atoms with Gasteiger partial charge in [0.25, 0.3) is 5.56 Å². The van der Waals surface area contributed by atoms with Crippen LogP contribution in [0.25, 0.3) is 10.9 Å². The summed E-state index contributed by atoms with van der Waals surface area (Å²) in [5, 5.41) is 8.95. The van der Waals surface area contributed by atoms with E-state index >= 15 is 0 Å². The second-order valence-electron chi connectivity index (χ2n) is 4.18. The van der Waals surface area contributed by atoms with Gasteiger partial charge in [-0.05, 0) is 30.5 Å². The molecule has 1 aromatic carbocycles. The molecule has 0 fully saturated rings. The zero-order valence-corrected chi connectivity index (χ0v) is 10.4. The SMILES string of the molecule is CCn1c(=O)ccc2cc(C(=O)O)cc(C(F)(F)F)c21. The van der Waals surface area contributed by atoms with E-state index in [1.54, 1.807) is 6.92 Å². The van der Waals surface area contributed by atoms with E-state index in [4.69, 9.17) is 5.11 Å². The van der Waals surface area contributed by atoms with Crippen molar-refractivity contribution >= 4 is 16.9 Å². The molecule has 0 radical (unpaired) electrons. The molecular weight excluding hydrogens is 275 g/mol. The van der Waals surface area contributed by atoms with Crippen LogP contribution in [0.2, 0.25) is 0 Å². The van der Waals surface area contributed by atoms with Gasteiger partial charge in [-0.25, -0.2) is 4.79 Å². The Kier molecular flexibility index (Phi) is 3.29. The van der Waals surface area contributed by atoms with Crippen LogP contribution in [0.4, 0.5) is 13.2 Å². The van der Waals surface area contributed by atoms with Crippen LogP contribution >= 0.6 is 0 Å². The van der Waals surface area contributed by atoms with Gasteiger partial charge in [-0.1, -0.05) is 0 Å². The molecule has 106 valence electrons. The number of aryl methyl sites for hydroxylation is 1. The van der Waals surface area contributed by atoms with E-state index in [1.165, 1.54) is 6.07 Å². The van der Waals surface area contributed by atoms with E-state index < -0.39 is 28.8 Å². The monoisotopic (exact) mass is 285 g/mol. The van der Waals surface area contributed by atoms with Gasteiger partial charge in [0, 0.05) is 12.6 Å². The summed E-state index contributed by atoms with van der Waals surface area (Å²) in [7, 11) is 0. The summed E-state index contributed by atoms with van der Waals surface area (Å²) in [4.78, 5) is 22.6. The van der Waals surface area contributed by atoms with Crippen LogP contribution in [0.3, 0.4) is 0 Å². The van der Waals surface area contributed by atoms with Gasteiger partial charge >= 0.3 is 12.1 Å². The van der Waals surface area contributed by atoms with Crippen LogP contribution in [-0.2, 0) is 12.7 Å². The van der Waals surface area contributed by atoms with Crippen molar-refractivity contribution in [2.45, 2.75) is 19.6 Å². The number of aromatic carboxylic acids is 1. The molecule has 1 heterocycles. The van der Waals surface area contributed by atoms with Crippen LogP contribution in [0.5, 0.6) is 0 Å². The molecule has 0 aliphatic rings. The van der Waals surface area contributed by atoms with Crippen molar-refractivity contribution in [1.29, 1.82) is 0 Å². The lowest BCUT2D eigenvalue weighted by atomic mass is 10.0. The number of carboxylic acid groups (broad SMARTS) is 1. The van der Waals surface area contributed by atoms with Crippen molar-refractivity contribution in [1.82, 2.24) is 4.57 Å². The first kappa shape index (κ1) is 14.1. The van der Waals surface area contributed by atoms with E-state index in [0.717, 1.165) is 16.7 Å². The second kappa shape index (κ2) is 4.66. The zero-order chi connectivity index (χ0) is 15.1. The Balaban J connectivity index is 3.01. The minimum Gasteiger partial charge on any atom is -0.478 e. The van der Waals surface area contributed by atoms with Gasteiger partial charge in [0.15, 0.2) is 0 Å². The lowest BCUT2D eigenvalue weighted by Gasteiger charge is -2.15. The molecule has 0 saturated carbocycles. The summed E-state index contributed by atoms with van der Waals surface area (Å²) < 4.78 is 40.3. The normalized spacial score (nSPS) is 11.8. The average molecular weight is 285 g/mol. The summed E-state index contributed by atoms with van der Waals surface area (Å²) in [5.41, 5.74) is -2.44. The molecule has 1 N–H and O–H groups in total. The van der Waals surface area contributed by atoms with Crippen molar-refractivity contribution in [2.75, 3.05) is 0 Å². The average Bonchev–Trinajstić information content (AvgIpc) is 2.36. The number of pyridine rings is 1. The van der Waals surface area contributed by atoms with E-state index in [9.17, 15) is 22.8 Å². The van der Waals surface area contributed by atoms with Crippen LogP contribution in [0, 0.1) is 0 Å². The number of hydrogen-bond donors (Lipinski definition) is 1. The molecule has 0 aliphatic heterocycles. The predicted molar refractivity (Wildman–Crippen MR) is 65.8 cm³/mol. The van der Waals surface area contributed by atoms with Crippen LogP contribution in [0.1, 0.15) is 22.8 Å². The number of carboxylic acids is 1. The summed E-state index contributed by atoms with van der Waals surface area (Å²) in [6.07, 6.45) is -4.74. The number of hydrogen-bond acceptors (Lipinski definition) is 2. The predicted octanol–water partition coefficient (Wildman–Crippen LogP) is 2.74. The third-order valence-corrected chi connectivity index (χ3v) is 2.95. The fourth-order valence-electron chi connectivity index (χ4n) is 2.10. The molecule has 0 unspecified atom stereocenters. The second-order valence-corrected chi connectivity index (χ2v) is 4.18. The minimum atomic E-state index is -4.74. The number of halogens is 3. The van der Waals surface area contributed by atoms with Crippen molar-refractivity contribution < 1.29 is 23.1 Å². The van der Waals surface area contributed by atoms with Crippen molar-refractivity contribution in [2.24, 2.45) is 0 Å². The molecular formula is C13H10F3NO3. The zero-order valence-electron chi connectivity index (χ0n) is 10.4. The summed E-state index contributed by atoms with van der Waals surface area (Å²) in [6.45, 7) is 1.61. The molecule has 7 heteroatoms. The molecule has 0 amide bonds. The van der Waals surface area contributed by atoms with Gasteiger partial charge in [0.1, 0.15) is 0 Å². The van der Waals surface area contributed by atoms with Gasteiger partial charge in [0.05, 0.1) is 16.6 Å². The lowest BCUT2D eigenvalue weighted by molar-refractivity contribution is -0.136. The summed E-state index contributed by atoms with van der Waals surface area (Å²) >= 11 is 0. The highest BCUT2D eigenvalue weighted by Gasteiger charge is 2.34. The van der Waals surface area contributed by atoms with Crippen molar-refractivity contribution in [3.63, 3.8) is 0 Å². The van der Waals surface area contributed by atoms with E-state index in [2.05, 4.69) is 0 Å². The summed E-state index contributed by atoms with van der Waals surface area (Å²) in [5.74, 6) is -1.45. The highest BCUT2D eigenvalue weighted by molar-refractivity contribution is 5.95. The number of nitrogens with zero attached hydrogens (tertiary/aromatic N) is 1. The molecule has 2 rings (SSSR count). The topological polar surface area (TPSA) is 59.3 Å². The third kappa shape index (κ3) is 2.26. The fraction of sp³-hybridized carbons (Fsp3) is 0.231. The molecule has 0 atom stereocenters. The number of benzene rings is 1. The fourth-order valence-corrected chi connectivity index (χ4v) is 2.10. The maximum Gasteiger partial charge on any atom is 0.418 e. The Morgan fingerprint density at radius 2 is 1.95 bits per heavy atom. The van der Waals surface area contributed by atoms with E-state index in [-0.39, 0.29) is 17.4 Å². The number of fused-ring (bicyclic) bond motifs is 1. The van der Waals surface area contributed by atoms with Crippen LogP contribution < -0.4 is 5.56 Å². The number of rotatable bonds is 2. The number of aromatic nitrogens is 1. The highest BCUT2D eigenvalue weighted by atomic mass is 19.4. The van der Waals surface area contributed by atoms with E-state index in [0.29, 0.717) is 6.07 Å². The van der Waals surface area contributed by atoms with Gasteiger partial charge < -0.3 is 9.67 Å². The van der Waals surface area contributed by atoms with Gasteiger partial charge in [-0.3, -0.25) is 4.79 Å². The van der Waals surface area contributed by atoms with Crippen molar-refractivity contribution in [3.05, 3.63) is 45.7 Å². The first-order chi connectivity index (χ1) is 9.25. The molecule has 0 saturated heterocycles. The van der Waals surface area contributed by atoms with Gasteiger partial charge in [0.2, 0.25) is 0 Å². The first-order valence-electron chi connectivity index (χ1n) is 5.73. The Labute approximate surface area is 111 Å². The van der Waals surface area contributed by atoms with Gasteiger partial charge in [-0.2, -0.15) is 13.2 Å². The quantitative estimate of drug-likeness (QED) is 0.923. The number of carbonyl (C=O) groups is 1.